The molecule has 0 radical (unpaired) electrons. The van der Waals surface area contributed by atoms with Crippen molar-refractivity contribution < 1.29 is 9.53 Å². The van der Waals surface area contributed by atoms with Gasteiger partial charge in [0.1, 0.15) is 11.2 Å². The highest BCUT2D eigenvalue weighted by atomic mass is 79.9. The number of carbonyl (C=O) groups excluding carboxylic acids is 1. The lowest BCUT2D eigenvalue weighted by Crippen LogP contribution is -2.02. The Bertz CT molecular complexity index is 400. The normalized spacial score (nSPS) is 9.88. The first-order valence-corrected chi connectivity index (χ1v) is 7.04. The molecule has 16 heavy (non-hydrogen) atoms. The van der Waals surface area contributed by atoms with E-state index in [1.54, 1.807) is 24.3 Å². The van der Waals surface area contributed by atoms with E-state index < -0.39 is 0 Å². The van der Waals surface area contributed by atoms with Gasteiger partial charge in [-0.1, -0.05) is 0 Å². The maximum atomic E-state index is 11.5. The molecule has 0 amide bonds. The van der Waals surface area contributed by atoms with Crippen LogP contribution < -0.4 is 4.74 Å². The van der Waals surface area contributed by atoms with Crippen LogP contribution in [0.2, 0.25) is 0 Å². The van der Waals surface area contributed by atoms with Gasteiger partial charge in [-0.2, -0.15) is 5.26 Å². The fourth-order valence-electron chi connectivity index (χ4n) is 1.00. The monoisotopic (exact) mass is 363 g/mol. The molecule has 6 heteroatoms. The van der Waals surface area contributed by atoms with Crippen LogP contribution in [0.25, 0.3) is 0 Å². The Kier molecular flexibility index (Phi) is 5.88. The molecule has 0 aliphatic heterocycles. The second kappa shape index (κ2) is 6.94. The van der Waals surface area contributed by atoms with Crippen molar-refractivity contribution in [3.05, 3.63) is 29.8 Å². The number of thiocyanates is 1. The molecule has 0 aromatic heterocycles. The summed E-state index contributed by atoms with van der Waals surface area (Å²) in [6, 6.07) is 6.77. The Morgan fingerprint density at radius 2 is 2.06 bits per heavy atom. The summed E-state index contributed by atoms with van der Waals surface area (Å²) in [7, 11) is 0. The first kappa shape index (κ1) is 13.6. The fourth-order valence-corrected chi connectivity index (χ4v) is 1.80. The molecule has 0 spiro atoms. The van der Waals surface area contributed by atoms with Crippen LogP contribution in [-0.4, -0.2) is 15.5 Å². The van der Waals surface area contributed by atoms with E-state index in [-0.39, 0.29) is 15.5 Å². The molecule has 0 unspecified atom stereocenters. The number of thioether (sulfide) groups is 1. The molecule has 3 nitrogen and oxygen atoms in total. The zero-order valence-electron chi connectivity index (χ0n) is 8.02. The third kappa shape index (κ3) is 4.56. The lowest BCUT2D eigenvalue weighted by Gasteiger charge is -2.06. The lowest BCUT2D eigenvalue weighted by atomic mass is 10.1. The van der Waals surface area contributed by atoms with Gasteiger partial charge < -0.3 is 4.74 Å². The van der Waals surface area contributed by atoms with Crippen molar-refractivity contribution in [2.45, 2.75) is 3.92 Å². The Morgan fingerprint density at radius 3 is 2.56 bits per heavy atom. The number of nitrogens with zero attached hydrogens (tertiary/aromatic N) is 1. The average Bonchev–Trinajstić information content (AvgIpc) is 2.26. The molecule has 0 aliphatic rings. The van der Waals surface area contributed by atoms with Crippen molar-refractivity contribution in [2.75, 3.05) is 5.75 Å². The van der Waals surface area contributed by atoms with E-state index in [4.69, 9.17) is 10.00 Å². The third-order valence-corrected chi connectivity index (χ3v) is 2.58. The summed E-state index contributed by atoms with van der Waals surface area (Å²) in [6.45, 7) is 0. The van der Waals surface area contributed by atoms with Crippen molar-refractivity contribution in [2.24, 2.45) is 0 Å². The molecule has 1 aromatic rings. The summed E-state index contributed by atoms with van der Waals surface area (Å²) in [5.74, 6) is 0.770. The highest BCUT2D eigenvalue weighted by Crippen LogP contribution is 2.19. The van der Waals surface area contributed by atoms with Crippen LogP contribution in [0.4, 0.5) is 0 Å². The predicted molar refractivity (Wildman–Crippen MR) is 71.1 cm³/mol. The van der Waals surface area contributed by atoms with Gasteiger partial charge in [0, 0.05) is 5.56 Å². The van der Waals surface area contributed by atoms with Crippen molar-refractivity contribution >= 4 is 49.4 Å². The van der Waals surface area contributed by atoms with Crippen molar-refractivity contribution in [1.82, 2.24) is 0 Å². The number of halogens is 2. The SMILES string of the molecule is N#CSCC(=O)c1ccc(OC(Br)Br)cc1. The quantitative estimate of drug-likeness (QED) is 0.455. The number of benzene rings is 1. The number of alkyl halides is 2. The van der Waals surface area contributed by atoms with E-state index in [0.29, 0.717) is 11.3 Å². The van der Waals surface area contributed by atoms with Crippen molar-refractivity contribution in [3.63, 3.8) is 0 Å². The maximum Gasteiger partial charge on any atom is 0.207 e. The fraction of sp³-hybridized carbons (Fsp3) is 0.200. The number of hydrogen-bond donors (Lipinski definition) is 0. The average molecular weight is 365 g/mol. The van der Waals surface area contributed by atoms with Gasteiger partial charge in [0.15, 0.2) is 5.78 Å². The van der Waals surface area contributed by atoms with E-state index in [0.717, 1.165) is 11.8 Å². The molecule has 0 N–H and O–H groups in total. The van der Waals surface area contributed by atoms with Gasteiger partial charge in [0.25, 0.3) is 0 Å². The number of carbonyl (C=O) groups is 1. The van der Waals surface area contributed by atoms with Crippen LogP contribution in [0, 0.1) is 10.7 Å². The Morgan fingerprint density at radius 1 is 1.44 bits per heavy atom. The number of ketones is 1. The molecule has 84 valence electrons. The number of ether oxygens (including phenoxy) is 1. The molecule has 0 fully saturated rings. The van der Waals surface area contributed by atoms with Gasteiger partial charge in [0.05, 0.1) is 5.75 Å². The highest BCUT2D eigenvalue weighted by Gasteiger charge is 2.06. The number of Topliss-reactive ketones (excluding diaryl/α,β-unsaturated/α-hetero) is 1. The van der Waals surface area contributed by atoms with Crippen molar-refractivity contribution in [1.29, 1.82) is 5.26 Å². The molecule has 0 saturated carbocycles. The van der Waals surface area contributed by atoms with Gasteiger partial charge in [-0.05, 0) is 67.9 Å². The summed E-state index contributed by atoms with van der Waals surface area (Å²) in [6.07, 6.45) is 0. The Hall–Kier alpha value is -0.510. The van der Waals surface area contributed by atoms with Crippen LogP contribution >= 0.6 is 43.6 Å². The summed E-state index contributed by atoms with van der Waals surface area (Å²) < 4.78 is 5.04. The van der Waals surface area contributed by atoms with Crippen molar-refractivity contribution in [3.8, 4) is 11.2 Å². The van der Waals surface area contributed by atoms with Crippen LogP contribution in [-0.2, 0) is 0 Å². The standard InChI is InChI=1S/C10H7Br2NO2S/c11-10(12)15-8-3-1-7(2-4-8)9(14)5-16-6-13/h1-4,10H,5H2. The van der Waals surface area contributed by atoms with Gasteiger partial charge in [0.2, 0.25) is 3.92 Å². The van der Waals surface area contributed by atoms with Crippen LogP contribution in [0.3, 0.4) is 0 Å². The minimum absolute atomic E-state index is 0.0627. The van der Waals surface area contributed by atoms with Crippen LogP contribution in [0.5, 0.6) is 5.75 Å². The van der Waals surface area contributed by atoms with Crippen LogP contribution in [0.15, 0.2) is 24.3 Å². The van der Waals surface area contributed by atoms with E-state index in [1.165, 1.54) is 0 Å². The zero-order valence-corrected chi connectivity index (χ0v) is 12.0. The van der Waals surface area contributed by atoms with Gasteiger partial charge in [-0.25, -0.2) is 0 Å². The number of nitriles is 1. The second-order valence-corrected chi connectivity index (χ2v) is 6.36. The summed E-state index contributed by atoms with van der Waals surface area (Å²) in [4.78, 5) is 11.5. The number of rotatable bonds is 5. The molecule has 0 atom stereocenters. The topological polar surface area (TPSA) is 50.1 Å². The number of hydrogen-bond acceptors (Lipinski definition) is 4. The molecule has 0 bridgehead atoms. The summed E-state index contributed by atoms with van der Waals surface area (Å²) >= 11 is 7.30. The smallest absolute Gasteiger partial charge is 0.207 e. The Balaban J connectivity index is 2.64. The largest absolute Gasteiger partial charge is 0.469 e. The highest BCUT2D eigenvalue weighted by molar-refractivity contribution is 9.24. The Labute approximate surface area is 114 Å². The minimum atomic E-state index is -0.254. The van der Waals surface area contributed by atoms with Gasteiger partial charge >= 0.3 is 0 Å². The second-order valence-electron chi connectivity index (χ2n) is 2.71. The maximum absolute atomic E-state index is 11.5. The van der Waals surface area contributed by atoms with E-state index in [1.807, 2.05) is 5.40 Å². The molecule has 0 heterocycles. The molecule has 0 aliphatic carbocycles. The first-order chi connectivity index (χ1) is 7.63. The first-order valence-electron chi connectivity index (χ1n) is 4.22. The van der Waals surface area contributed by atoms with E-state index in [9.17, 15) is 4.79 Å². The van der Waals surface area contributed by atoms with Gasteiger partial charge in [-0.3, -0.25) is 4.79 Å². The molecule has 1 aromatic carbocycles. The van der Waals surface area contributed by atoms with Crippen LogP contribution in [0.1, 0.15) is 10.4 Å². The van der Waals surface area contributed by atoms with E-state index in [2.05, 4.69) is 31.9 Å². The predicted octanol–water partition coefficient (Wildman–Crippen LogP) is 3.54. The summed E-state index contributed by atoms with van der Waals surface area (Å²) in [5, 5.41) is 10.2. The zero-order chi connectivity index (χ0) is 12.0. The minimum Gasteiger partial charge on any atom is -0.469 e. The van der Waals surface area contributed by atoms with E-state index >= 15 is 0 Å². The third-order valence-electron chi connectivity index (χ3n) is 1.67. The molecule has 1 rings (SSSR count). The molecule has 0 saturated heterocycles. The molecular weight excluding hydrogens is 358 g/mol. The van der Waals surface area contributed by atoms with Gasteiger partial charge in [-0.15, -0.1) is 0 Å². The molecular formula is C10H7Br2NO2S. The summed E-state index contributed by atoms with van der Waals surface area (Å²) in [5.41, 5.74) is 0.579. The lowest BCUT2D eigenvalue weighted by molar-refractivity contribution is 0.102.